The van der Waals surface area contributed by atoms with Crippen LogP contribution in [0.3, 0.4) is 0 Å². The van der Waals surface area contributed by atoms with Crippen LogP contribution in [0, 0.1) is 25.5 Å². The summed E-state index contributed by atoms with van der Waals surface area (Å²) in [7, 11) is 0. The first-order valence-corrected chi connectivity index (χ1v) is 12.2. The average molecular weight is 530 g/mol. The van der Waals surface area contributed by atoms with Gasteiger partial charge in [0, 0.05) is 31.1 Å². The summed E-state index contributed by atoms with van der Waals surface area (Å²) in [5.41, 5.74) is 0.469. The maximum atomic E-state index is 12.6. The highest BCUT2D eigenvalue weighted by Crippen LogP contribution is 2.31. The second kappa shape index (κ2) is 14.6. The van der Waals surface area contributed by atoms with Gasteiger partial charge >= 0.3 is 0 Å². The maximum absolute atomic E-state index is 12.6. The number of aryl methyl sites for hydroxylation is 2. The Morgan fingerprint density at radius 3 is 2.59 bits per heavy atom. The molecule has 3 aromatic rings. The third kappa shape index (κ3) is 8.90. The van der Waals surface area contributed by atoms with Crippen molar-refractivity contribution in [2.75, 3.05) is 5.01 Å². The second-order valence-corrected chi connectivity index (χ2v) is 8.36. The van der Waals surface area contributed by atoms with Crippen LogP contribution in [0.1, 0.15) is 50.5 Å². The van der Waals surface area contributed by atoms with E-state index in [1.807, 2.05) is 13.8 Å². The molecule has 196 valence electrons. The van der Waals surface area contributed by atoms with Crippen LogP contribution in [0.4, 0.5) is 14.6 Å². The summed E-state index contributed by atoms with van der Waals surface area (Å²) in [4.78, 5) is 25.5. The van der Waals surface area contributed by atoms with Crippen LogP contribution in [-0.2, 0) is 4.79 Å². The van der Waals surface area contributed by atoms with Crippen LogP contribution in [0.25, 0.3) is 0 Å². The molecule has 1 aliphatic heterocycles. The minimum Gasteiger partial charge on any atom is -0.340 e. The number of benzene rings is 1. The van der Waals surface area contributed by atoms with Crippen molar-refractivity contribution in [2.24, 2.45) is 5.10 Å². The lowest BCUT2D eigenvalue weighted by molar-refractivity contribution is -0.117. The lowest BCUT2D eigenvalue weighted by Gasteiger charge is -2.21. The number of hydrogen-bond acceptors (Lipinski definition) is 9. The number of carbonyl (C=O) groups excluding carboxylic acids is 1. The molecule has 0 saturated carbocycles. The van der Waals surface area contributed by atoms with Crippen LogP contribution < -0.4 is 10.3 Å². The molecule has 0 bridgehead atoms. The Balaban J connectivity index is 0.000000367. The van der Waals surface area contributed by atoms with E-state index in [1.165, 1.54) is 23.9 Å². The summed E-state index contributed by atoms with van der Waals surface area (Å²) >= 11 is 1.21. The monoisotopic (exact) mass is 529 g/mol. The number of anilines is 1. The number of aromatic nitrogens is 4. The van der Waals surface area contributed by atoms with Crippen LogP contribution in [0.2, 0.25) is 0 Å². The van der Waals surface area contributed by atoms with E-state index >= 15 is 0 Å². The fraction of sp³-hybridized carbons (Fsp3) is 0.280. The van der Waals surface area contributed by atoms with Gasteiger partial charge in [-0.05, 0) is 32.4 Å². The van der Waals surface area contributed by atoms with E-state index in [0.717, 1.165) is 6.07 Å². The highest BCUT2D eigenvalue weighted by Gasteiger charge is 2.22. The van der Waals surface area contributed by atoms with Gasteiger partial charge in [0.25, 0.3) is 5.91 Å². The molecule has 1 aromatic carbocycles. The summed E-state index contributed by atoms with van der Waals surface area (Å²) in [6.45, 7) is 13.1. The molecular weight excluding hydrogens is 500 g/mol. The molecule has 0 spiro atoms. The predicted molar refractivity (Wildman–Crippen MR) is 140 cm³/mol. The molecule has 0 radical (unpaired) electrons. The molecule has 0 unspecified atom stereocenters. The summed E-state index contributed by atoms with van der Waals surface area (Å²) in [6, 6.07) is 3.10. The van der Waals surface area contributed by atoms with E-state index in [4.69, 9.17) is 4.52 Å². The van der Waals surface area contributed by atoms with Crippen LogP contribution >= 0.6 is 11.8 Å². The SMILES string of the molecule is C=C1S/C(C(=O)N[C@H](C)c2nc(C)no2)=C\C/C=N\N1c1cnccn1.CC.Cc1ccc(F)cc1F. The molecule has 1 amide bonds. The molecule has 9 nitrogen and oxygen atoms in total. The van der Waals surface area contributed by atoms with Gasteiger partial charge in [-0.15, -0.1) is 0 Å². The number of allylic oxidation sites excluding steroid dienone is 1. The number of amides is 1. The van der Waals surface area contributed by atoms with Gasteiger partial charge in [-0.1, -0.05) is 49.5 Å². The summed E-state index contributed by atoms with van der Waals surface area (Å²) in [6.07, 6.45) is 8.68. The third-order valence-corrected chi connectivity index (χ3v) is 5.44. The van der Waals surface area contributed by atoms with E-state index in [-0.39, 0.29) is 5.91 Å². The fourth-order valence-electron chi connectivity index (χ4n) is 2.68. The van der Waals surface area contributed by atoms with Crippen LogP contribution in [-0.4, -0.2) is 32.2 Å². The quantitative estimate of drug-likeness (QED) is 0.463. The van der Waals surface area contributed by atoms with Crippen molar-refractivity contribution in [3.8, 4) is 0 Å². The lowest BCUT2D eigenvalue weighted by Crippen LogP contribution is -2.28. The van der Waals surface area contributed by atoms with E-state index in [9.17, 15) is 13.6 Å². The fourth-order valence-corrected chi connectivity index (χ4v) is 3.49. The van der Waals surface area contributed by atoms with Gasteiger partial charge in [0.2, 0.25) is 5.89 Å². The Labute approximate surface area is 218 Å². The molecule has 0 aliphatic carbocycles. The van der Waals surface area contributed by atoms with Gasteiger partial charge in [-0.3, -0.25) is 9.78 Å². The topological polar surface area (TPSA) is 109 Å². The van der Waals surface area contributed by atoms with Crippen molar-refractivity contribution in [2.45, 2.75) is 47.1 Å². The molecule has 0 fully saturated rings. The highest BCUT2D eigenvalue weighted by molar-refractivity contribution is 8.07. The lowest BCUT2D eigenvalue weighted by atomic mass is 10.2. The Kier molecular flexibility index (Phi) is 11.6. The normalized spacial score (nSPS) is 15.9. The molecule has 2 aromatic heterocycles. The second-order valence-electron chi connectivity index (χ2n) is 7.24. The van der Waals surface area contributed by atoms with E-state index in [1.54, 1.807) is 56.7 Å². The number of rotatable bonds is 4. The number of nitrogens with one attached hydrogen (secondary N) is 1. The van der Waals surface area contributed by atoms with Crippen molar-refractivity contribution < 1.29 is 18.1 Å². The minimum atomic E-state index is -0.530. The van der Waals surface area contributed by atoms with Crippen molar-refractivity contribution in [3.63, 3.8) is 0 Å². The minimum absolute atomic E-state index is 0.256. The summed E-state index contributed by atoms with van der Waals surface area (Å²) in [5.74, 6) is 0.123. The molecule has 1 N–H and O–H groups in total. The maximum Gasteiger partial charge on any atom is 0.258 e. The molecule has 12 heteroatoms. The first kappa shape index (κ1) is 29.3. The Morgan fingerprint density at radius 2 is 2.00 bits per heavy atom. The van der Waals surface area contributed by atoms with Crippen molar-refractivity contribution in [1.82, 2.24) is 25.4 Å². The van der Waals surface area contributed by atoms with Gasteiger partial charge in [-0.2, -0.15) is 10.1 Å². The number of hydrazone groups is 1. The largest absolute Gasteiger partial charge is 0.340 e. The zero-order valence-electron chi connectivity index (χ0n) is 21.3. The Hall–Kier alpha value is -3.93. The van der Waals surface area contributed by atoms with E-state index in [2.05, 4.69) is 37.1 Å². The highest BCUT2D eigenvalue weighted by atomic mass is 32.2. The first-order valence-electron chi connectivity index (χ1n) is 11.4. The smallest absolute Gasteiger partial charge is 0.258 e. The zero-order valence-corrected chi connectivity index (χ0v) is 22.1. The number of hydrogen-bond donors (Lipinski definition) is 1. The van der Waals surface area contributed by atoms with Crippen LogP contribution in [0.15, 0.2) is 69.0 Å². The summed E-state index contributed by atoms with van der Waals surface area (Å²) in [5, 5.41) is 13.0. The molecule has 4 rings (SSSR count). The van der Waals surface area contributed by atoms with Gasteiger partial charge in [0.1, 0.15) is 17.7 Å². The average Bonchev–Trinajstić information content (AvgIpc) is 3.32. The summed E-state index contributed by atoms with van der Waals surface area (Å²) < 4.78 is 29.5. The zero-order chi connectivity index (χ0) is 27.4. The van der Waals surface area contributed by atoms with Crippen LogP contribution in [0.5, 0.6) is 0 Å². The number of nitrogens with zero attached hydrogens (tertiary/aromatic N) is 6. The van der Waals surface area contributed by atoms with Crippen molar-refractivity contribution >= 4 is 29.7 Å². The Bertz CT molecular complexity index is 1250. The molecule has 3 heterocycles. The molecular formula is C25H29F2N7O2S. The Morgan fingerprint density at radius 1 is 1.24 bits per heavy atom. The van der Waals surface area contributed by atoms with Gasteiger partial charge in [0.05, 0.1) is 16.1 Å². The number of thioether (sulfide) groups is 1. The molecule has 0 saturated heterocycles. The number of carbonyl (C=O) groups is 1. The van der Waals surface area contributed by atoms with Crippen molar-refractivity contribution in [1.29, 1.82) is 0 Å². The molecule has 37 heavy (non-hydrogen) atoms. The third-order valence-electron chi connectivity index (χ3n) is 4.46. The van der Waals surface area contributed by atoms with E-state index < -0.39 is 17.7 Å². The number of halogens is 2. The first-order chi connectivity index (χ1) is 17.7. The standard InChI is InChI=1S/C16H17N7O2S.C7H6F2.C2H6/c1-10(16-21-11(2)22-25-16)20-15(24)13-5-4-6-19-23(12(3)26-13)14-9-17-7-8-18-14;1-5-2-3-6(8)4-7(5)9;1-2/h5-10H,3-4H2,1-2H3,(H,20,24);2-4H,1H3;1-2H3/b13-5-,19-6-;;/t10-;;/m1../s1. The van der Waals surface area contributed by atoms with Gasteiger partial charge < -0.3 is 9.84 Å². The van der Waals surface area contributed by atoms with Gasteiger partial charge in [0.15, 0.2) is 11.6 Å². The van der Waals surface area contributed by atoms with Crippen molar-refractivity contribution in [3.05, 3.63) is 88.3 Å². The molecule has 1 aliphatic rings. The van der Waals surface area contributed by atoms with E-state index in [0.29, 0.717) is 39.5 Å². The van der Waals surface area contributed by atoms with Gasteiger partial charge in [-0.25, -0.2) is 18.8 Å². The molecule has 1 atom stereocenters. The predicted octanol–water partition coefficient (Wildman–Crippen LogP) is 5.63.